The first-order chi connectivity index (χ1) is 10.3. The van der Waals surface area contributed by atoms with Gasteiger partial charge in [0.25, 0.3) is 0 Å². The Bertz CT molecular complexity index is 542. The molecule has 1 aromatic rings. The van der Waals surface area contributed by atoms with Crippen LogP contribution in [0.3, 0.4) is 0 Å². The first kappa shape index (κ1) is 17.7. The number of amidine groups is 1. The van der Waals surface area contributed by atoms with Crippen molar-refractivity contribution in [2.45, 2.75) is 27.7 Å². The van der Waals surface area contributed by atoms with Gasteiger partial charge in [0.15, 0.2) is 5.84 Å². The molecular weight excluding hydrogens is 284 g/mol. The van der Waals surface area contributed by atoms with Crippen LogP contribution in [0.5, 0.6) is 5.75 Å². The molecule has 0 spiro atoms. The molecule has 22 heavy (non-hydrogen) atoms. The number of hydrogen-bond acceptors (Lipinski definition) is 5. The van der Waals surface area contributed by atoms with E-state index in [2.05, 4.69) is 5.16 Å². The maximum Gasteiger partial charge on any atom is 0.237 e. The molecule has 1 N–H and O–H groups in total. The highest BCUT2D eigenvalue weighted by Crippen LogP contribution is 2.17. The number of nitrogens with zero attached hydrogens (tertiary/aromatic N) is 2. The van der Waals surface area contributed by atoms with Crippen molar-refractivity contribution in [3.05, 3.63) is 29.8 Å². The lowest BCUT2D eigenvalue weighted by atomic mass is 10.1. The van der Waals surface area contributed by atoms with E-state index in [0.29, 0.717) is 11.3 Å². The molecule has 0 aliphatic carbocycles. The van der Waals surface area contributed by atoms with Gasteiger partial charge in [-0.1, -0.05) is 32.9 Å². The quantitative estimate of drug-likeness (QED) is 0.401. The minimum absolute atomic E-state index is 0.0833. The summed E-state index contributed by atoms with van der Waals surface area (Å²) in [5, 5.41) is 12.5. The van der Waals surface area contributed by atoms with Crippen LogP contribution >= 0.6 is 0 Å². The Kier molecular flexibility index (Phi) is 6.10. The molecule has 0 radical (unpaired) electrons. The van der Waals surface area contributed by atoms with Gasteiger partial charge in [0.2, 0.25) is 11.8 Å². The number of oxime groups is 1. The van der Waals surface area contributed by atoms with Crippen LogP contribution in [0.2, 0.25) is 0 Å². The smallest absolute Gasteiger partial charge is 0.237 e. The van der Waals surface area contributed by atoms with Crippen LogP contribution in [0.25, 0.3) is 0 Å². The third-order valence-corrected chi connectivity index (χ3v) is 3.08. The third kappa shape index (κ3) is 3.84. The standard InChI is InChI=1S/C16H22N2O4/c1-10(2)15(19)18(16(20)11(3)4)14(17-21)12-6-8-13(22-5)9-7-12/h6-11,21H,1-5H3/b17-14-. The highest BCUT2D eigenvalue weighted by Gasteiger charge is 2.31. The molecule has 0 aliphatic rings. The van der Waals surface area contributed by atoms with E-state index in [-0.39, 0.29) is 5.84 Å². The number of methoxy groups -OCH3 is 1. The molecule has 0 saturated heterocycles. The van der Waals surface area contributed by atoms with E-state index in [1.54, 1.807) is 52.0 Å². The van der Waals surface area contributed by atoms with E-state index in [1.165, 1.54) is 7.11 Å². The average molecular weight is 306 g/mol. The van der Waals surface area contributed by atoms with Crippen molar-refractivity contribution in [1.29, 1.82) is 0 Å². The lowest BCUT2D eigenvalue weighted by Gasteiger charge is -2.25. The van der Waals surface area contributed by atoms with Gasteiger partial charge in [0.1, 0.15) is 5.75 Å². The number of carbonyl (C=O) groups is 2. The van der Waals surface area contributed by atoms with Gasteiger partial charge in [-0.3, -0.25) is 9.59 Å². The second-order valence-corrected chi connectivity index (χ2v) is 5.47. The number of hydrogen-bond donors (Lipinski definition) is 1. The first-order valence-corrected chi connectivity index (χ1v) is 7.07. The zero-order valence-corrected chi connectivity index (χ0v) is 13.5. The first-order valence-electron chi connectivity index (χ1n) is 7.07. The van der Waals surface area contributed by atoms with Gasteiger partial charge in [0.05, 0.1) is 7.11 Å². The molecule has 0 unspecified atom stereocenters. The highest BCUT2D eigenvalue weighted by atomic mass is 16.5. The maximum absolute atomic E-state index is 12.4. The summed E-state index contributed by atoms with van der Waals surface area (Å²) in [6.45, 7) is 6.75. The second kappa shape index (κ2) is 7.59. The Balaban J connectivity index is 3.29. The van der Waals surface area contributed by atoms with Crippen molar-refractivity contribution in [3.8, 4) is 5.75 Å². The number of amides is 2. The molecule has 0 atom stereocenters. The van der Waals surface area contributed by atoms with Gasteiger partial charge >= 0.3 is 0 Å². The summed E-state index contributed by atoms with van der Waals surface area (Å²) < 4.78 is 5.06. The maximum atomic E-state index is 12.4. The summed E-state index contributed by atoms with van der Waals surface area (Å²) in [6.07, 6.45) is 0. The van der Waals surface area contributed by atoms with Crippen LogP contribution in [0.4, 0.5) is 0 Å². The van der Waals surface area contributed by atoms with Crippen molar-refractivity contribution < 1.29 is 19.5 Å². The van der Waals surface area contributed by atoms with E-state index >= 15 is 0 Å². The van der Waals surface area contributed by atoms with Crippen LogP contribution in [-0.4, -0.2) is 34.9 Å². The fraction of sp³-hybridized carbons (Fsp3) is 0.438. The zero-order chi connectivity index (χ0) is 16.9. The van der Waals surface area contributed by atoms with Crippen molar-refractivity contribution >= 4 is 17.6 Å². The Hall–Kier alpha value is -2.37. The predicted octanol–water partition coefficient (Wildman–Crippen LogP) is 2.50. The van der Waals surface area contributed by atoms with Crippen LogP contribution < -0.4 is 4.74 Å². The van der Waals surface area contributed by atoms with E-state index in [4.69, 9.17) is 4.74 Å². The number of carbonyl (C=O) groups excluding carboxylic acids is 2. The molecule has 0 heterocycles. The minimum atomic E-state index is -0.415. The molecule has 120 valence electrons. The summed E-state index contributed by atoms with van der Waals surface area (Å²) in [7, 11) is 1.53. The van der Waals surface area contributed by atoms with Gasteiger partial charge in [-0.05, 0) is 24.3 Å². The summed E-state index contributed by atoms with van der Waals surface area (Å²) >= 11 is 0. The summed E-state index contributed by atoms with van der Waals surface area (Å²) in [5.74, 6) is -1.10. The van der Waals surface area contributed by atoms with Crippen molar-refractivity contribution in [1.82, 2.24) is 4.90 Å². The van der Waals surface area contributed by atoms with E-state index in [0.717, 1.165) is 4.90 Å². The monoisotopic (exact) mass is 306 g/mol. The van der Waals surface area contributed by atoms with Crippen molar-refractivity contribution in [3.63, 3.8) is 0 Å². The van der Waals surface area contributed by atoms with Crippen LogP contribution in [0.15, 0.2) is 29.4 Å². The number of benzene rings is 1. The molecule has 0 bridgehead atoms. The van der Waals surface area contributed by atoms with E-state index in [1.807, 2.05) is 0 Å². The van der Waals surface area contributed by atoms with Gasteiger partial charge in [0, 0.05) is 17.4 Å². The van der Waals surface area contributed by atoms with Gasteiger partial charge in [-0.25, -0.2) is 4.90 Å². The fourth-order valence-electron chi connectivity index (χ4n) is 1.81. The lowest BCUT2D eigenvalue weighted by molar-refractivity contribution is -0.143. The van der Waals surface area contributed by atoms with Crippen LogP contribution in [0.1, 0.15) is 33.3 Å². The van der Waals surface area contributed by atoms with Crippen molar-refractivity contribution in [2.24, 2.45) is 17.0 Å². The third-order valence-electron chi connectivity index (χ3n) is 3.08. The topological polar surface area (TPSA) is 79.2 Å². The molecule has 2 amide bonds. The SMILES string of the molecule is COc1ccc(/C(=N/O)N(C(=O)C(C)C)C(=O)C(C)C)cc1. The average Bonchev–Trinajstić information content (AvgIpc) is 2.51. The molecule has 6 nitrogen and oxygen atoms in total. The molecule has 0 fully saturated rings. The van der Waals surface area contributed by atoms with E-state index < -0.39 is 23.7 Å². The molecule has 0 saturated carbocycles. The molecule has 1 rings (SSSR count). The van der Waals surface area contributed by atoms with E-state index in [9.17, 15) is 14.8 Å². The van der Waals surface area contributed by atoms with Crippen molar-refractivity contribution in [2.75, 3.05) is 7.11 Å². The molecule has 6 heteroatoms. The minimum Gasteiger partial charge on any atom is -0.497 e. The molecular formula is C16H22N2O4. The summed E-state index contributed by atoms with van der Waals surface area (Å²) in [4.78, 5) is 25.7. The Labute approximate surface area is 130 Å². The van der Waals surface area contributed by atoms with Gasteiger partial charge in [-0.15, -0.1) is 0 Å². The highest BCUT2D eigenvalue weighted by molar-refractivity contribution is 6.19. The molecule has 0 aliphatic heterocycles. The summed E-state index contributed by atoms with van der Waals surface area (Å²) in [6, 6.07) is 6.58. The second-order valence-electron chi connectivity index (χ2n) is 5.47. The molecule has 0 aromatic heterocycles. The number of ether oxygens (including phenoxy) is 1. The molecule has 1 aromatic carbocycles. The lowest BCUT2D eigenvalue weighted by Crippen LogP contribution is -2.46. The largest absolute Gasteiger partial charge is 0.497 e. The Morgan fingerprint density at radius 1 is 1.05 bits per heavy atom. The van der Waals surface area contributed by atoms with Gasteiger partial charge in [-0.2, -0.15) is 0 Å². The normalized spacial score (nSPS) is 11.7. The van der Waals surface area contributed by atoms with Crippen LogP contribution in [-0.2, 0) is 9.59 Å². The Morgan fingerprint density at radius 2 is 1.50 bits per heavy atom. The number of rotatable bonds is 4. The fourth-order valence-corrected chi connectivity index (χ4v) is 1.81. The predicted molar refractivity (Wildman–Crippen MR) is 82.8 cm³/mol. The Morgan fingerprint density at radius 3 is 1.82 bits per heavy atom. The zero-order valence-electron chi connectivity index (χ0n) is 13.5. The van der Waals surface area contributed by atoms with Gasteiger partial charge < -0.3 is 9.94 Å². The van der Waals surface area contributed by atoms with Crippen LogP contribution in [0, 0.1) is 11.8 Å². The number of imide groups is 1. The summed E-state index contributed by atoms with van der Waals surface area (Å²) in [5.41, 5.74) is 0.450.